The zero-order valence-corrected chi connectivity index (χ0v) is 17.0. The summed E-state index contributed by atoms with van der Waals surface area (Å²) in [5.41, 5.74) is 6.52. The van der Waals surface area contributed by atoms with Crippen molar-refractivity contribution in [3.63, 3.8) is 0 Å². The molecule has 0 aliphatic carbocycles. The average Bonchev–Trinajstić information content (AvgIpc) is 3.25. The second-order valence-corrected chi connectivity index (χ2v) is 7.11. The van der Waals surface area contributed by atoms with E-state index < -0.39 is 0 Å². The smallest absolute Gasteiger partial charge is 0.323 e. The fourth-order valence-electron chi connectivity index (χ4n) is 3.08. The highest BCUT2D eigenvalue weighted by Gasteiger charge is 2.09. The van der Waals surface area contributed by atoms with E-state index in [1.807, 2.05) is 72.8 Å². The van der Waals surface area contributed by atoms with Crippen LogP contribution in [-0.2, 0) is 6.42 Å². The van der Waals surface area contributed by atoms with Gasteiger partial charge < -0.3 is 15.1 Å². The van der Waals surface area contributed by atoms with Gasteiger partial charge in [-0.2, -0.15) is 0 Å². The van der Waals surface area contributed by atoms with Crippen LogP contribution in [0.2, 0.25) is 0 Å². The monoisotopic (exact) mass is 397 g/mol. The van der Waals surface area contributed by atoms with E-state index in [-0.39, 0.29) is 6.03 Å². The van der Waals surface area contributed by atoms with Crippen molar-refractivity contribution in [2.75, 3.05) is 10.6 Å². The normalized spacial score (nSPS) is 10.6. The van der Waals surface area contributed by atoms with Crippen LogP contribution in [-0.4, -0.2) is 11.0 Å². The lowest BCUT2D eigenvalue weighted by Gasteiger charge is -2.08. The van der Waals surface area contributed by atoms with Gasteiger partial charge in [0.2, 0.25) is 5.89 Å². The summed E-state index contributed by atoms with van der Waals surface area (Å²) < 4.78 is 5.64. The van der Waals surface area contributed by atoms with Gasteiger partial charge in [0.25, 0.3) is 0 Å². The third-order valence-electron chi connectivity index (χ3n) is 4.86. The molecular weight excluding hydrogens is 374 g/mol. The molecule has 0 unspecified atom stereocenters. The summed E-state index contributed by atoms with van der Waals surface area (Å²) in [5.74, 6) is 0.539. The predicted octanol–water partition coefficient (Wildman–Crippen LogP) is 6.52. The first kappa shape index (κ1) is 19.5. The molecule has 0 bridgehead atoms. The van der Waals surface area contributed by atoms with Gasteiger partial charge in [-0.1, -0.05) is 48.9 Å². The minimum atomic E-state index is -0.287. The molecule has 0 fully saturated rings. The Morgan fingerprint density at radius 3 is 2.00 bits per heavy atom. The number of nitrogens with one attached hydrogen (secondary N) is 2. The number of urea groups is 1. The summed E-state index contributed by atoms with van der Waals surface area (Å²) in [4.78, 5) is 16.8. The van der Waals surface area contributed by atoms with Crippen LogP contribution in [0.5, 0.6) is 0 Å². The molecule has 0 aliphatic rings. The van der Waals surface area contributed by atoms with Crippen LogP contribution in [0.3, 0.4) is 0 Å². The number of hydrogen-bond acceptors (Lipinski definition) is 3. The number of anilines is 2. The van der Waals surface area contributed by atoms with Crippen LogP contribution in [0.1, 0.15) is 18.1 Å². The van der Waals surface area contributed by atoms with Gasteiger partial charge in [-0.05, 0) is 55.3 Å². The highest BCUT2D eigenvalue weighted by molar-refractivity contribution is 5.99. The van der Waals surface area contributed by atoms with E-state index in [9.17, 15) is 4.79 Å². The van der Waals surface area contributed by atoms with Crippen molar-refractivity contribution in [1.29, 1.82) is 0 Å². The molecule has 0 radical (unpaired) electrons. The van der Waals surface area contributed by atoms with Gasteiger partial charge in [-0.3, -0.25) is 0 Å². The lowest BCUT2D eigenvalue weighted by atomic mass is 10.1. The molecule has 2 amide bonds. The van der Waals surface area contributed by atoms with Crippen molar-refractivity contribution in [3.8, 4) is 22.7 Å². The molecule has 1 heterocycles. The largest absolute Gasteiger partial charge is 0.444 e. The van der Waals surface area contributed by atoms with Crippen molar-refractivity contribution in [2.24, 2.45) is 0 Å². The van der Waals surface area contributed by atoms with E-state index in [0.717, 1.165) is 28.9 Å². The van der Waals surface area contributed by atoms with Crippen molar-refractivity contribution < 1.29 is 9.21 Å². The fourth-order valence-corrected chi connectivity index (χ4v) is 3.08. The summed E-state index contributed by atoms with van der Waals surface area (Å²) in [7, 11) is 0. The Labute approximate surface area is 175 Å². The van der Waals surface area contributed by atoms with E-state index in [1.54, 1.807) is 6.26 Å². The summed E-state index contributed by atoms with van der Waals surface area (Å²) in [6.45, 7) is 4.15. The van der Waals surface area contributed by atoms with Crippen LogP contribution in [0.4, 0.5) is 16.2 Å². The van der Waals surface area contributed by atoms with Crippen molar-refractivity contribution in [1.82, 2.24) is 4.98 Å². The molecular formula is C25H23N3O2. The molecule has 150 valence electrons. The topological polar surface area (TPSA) is 67.2 Å². The number of aryl methyl sites for hydroxylation is 2. The molecule has 4 aromatic rings. The first-order valence-corrected chi connectivity index (χ1v) is 9.90. The lowest BCUT2D eigenvalue weighted by Crippen LogP contribution is -2.19. The number of hydrogen-bond donors (Lipinski definition) is 2. The third kappa shape index (κ3) is 4.58. The summed E-state index contributed by atoms with van der Waals surface area (Å²) >= 11 is 0. The lowest BCUT2D eigenvalue weighted by molar-refractivity contribution is 0.262. The van der Waals surface area contributed by atoms with Gasteiger partial charge in [0, 0.05) is 22.5 Å². The highest BCUT2D eigenvalue weighted by atomic mass is 16.3. The molecule has 3 aromatic carbocycles. The van der Waals surface area contributed by atoms with Crippen LogP contribution in [0.15, 0.2) is 83.5 Å². The van der Waals surface area contributed by atoms with Gasteiger partial charge in [0.1, 0.15) is 12.0 Å². The maximum absolute atomic E-state index is 12.2. The van der Waals surface area contributed by atoms with Gasteiger partial charge in [-0.25, -0.2) is 9.78 Å². The summed E-state index contributed by atoms with van der Waals surface area (Å²) in [5, 5.41) is 5.67. The highest BCUT2D eigenvalue weighted by Crippen LogP contribution is 2.26. The quantitative estimate of drug-likeness (QED) is 0.403. The van der Waals surface area contributed by atoms with Crippen LogP contribution >= 0.6 is 0 Å². The molecule has 5 heteroatoms. The van der Waals surface area contributed by atoms with Crippen LogP contribution in [0, 0.1) is 6.92 Å². The first-order valence-electron chi connectivity index (χ1n) is 9.90. The molecule has 0 saturated carbocycles. The predicted molar refractivity (Wildman–Crippen MR) is 121 cm³/mol. The molecule has 0 saturated heterocycles. The van der Waals surface area contributed by atoms with Crippen molar-refractivity contribution >= 4 is 17.4 Å². The number of oxazole rings is 1. The Balaban J connectivity index is 1.40. The van der Waals surface area contributed by atoms with Crippen LogP contribution < -0.4 is 10.6 Å². The number of carbonyl (C=O) groups is 1. The third-order valence-corrected chi connectivity index (χ3v) is 4.86. The maximum Gasteiger partial charge on any atom is 0.323 e. The minimum absolute atomic E-state index is 0.287. The summed E-state index contributed by atoms with van der Waals surface area (Å²) in [6, 6.07) is 23.1. The van der Waals surface area contributed by atoms with Crippen molar-refractivity contribution in [2.45, 2.75) is 20.3 Å². The standard InChI is InChI=1S/C25H23N3O2/c1-3-18-6-12-21(13-7-18)26-25(29)27-22-14-10-20(11-15-22)24-28-23(16-30-24)19-8-4-17(2)5-9-19/h4-16H,3H2,1-2H3,(H2,26,27,29). The van der Waals surface area contributed by atoms with Gasteiger partial charge >= 0.3 is 6.03 Å². The Kier molecular flexibility index (Phi) is 5.61. The van der Waals surface area contributed by atoms with E-state index in [2.05, 4.69) is 29.5 Å². The molecule has 0 aliphatic heterocycles. The molecule has 2 N–H and O–H groups in total. The fraction of sp³-hybridized carbons (Fsp3) is 0.120. The molecule has 4 rings (SSSR count). The molecule has 5 nitrogen and oxygen atoms in total. The summed E-state index contributed by atoms with van der Waals surface area (Å²) in [6.07, 6.45) is 2.62. The minimum Gasteiger partial charge on any atom is -0.444 e. The Morgan fingerprint density at radius 2 is 1.40 bits per heavy atom. The zero-order valence-electron chi connectivity index (χ0n) is 17.0. The number of carbonyl (C=O) groups excluding carboxylic acids is 1. The number of aromatic nitrogens is 1. The first-order chi connectivity index (χ1) is 14.6. The van der Waals surface area contributed by atoms with Crippen molar-refractivity contribution in [3.05, 3.63) is 90.2 Å². The second kappa shape index (κ2) is 8.66. The van der Waals surface area contributed by atoms with E-state index in [4.69, 9.17) is 4.42 Å². The van der Waals surface area contributed by atoms with Gasteiger partial charge in [0.15, 0.2) is 0 Å². The number of benzene rings is 3. The molecule has 0 atom stereocenters. The van der Waals surface area contributed by atoms with Gasteiger partial charge in [-0.15, -0.1) is 0 Å². The van der Waals surface area contributed by atoms with Gasteiger partial charge in [0.05, 0.1) is 0 Å². The molecule has 1 aromatic heterocycles. The average molecular weight is 397 g/mol. The number of rotatable bonds is 5. The van der Waals surface area contributed by atoms with Crippen LogP contribution in [0.25, 0.3) is 22.7 Å². The maximum atomic E-state index is 12.2. The van der Waals surface area contributed by atoms with E-state index >= 15 is 0 Å². The van der Waals surface area contributed by atoms with E-state index in [1.165, 1.54) is 11.1 Å². The van der Waals surface area contributed by atoms with E-state index in [0.29, 0.717) is 11.6 Å². The Hall–Kier alpha value is -3.86. The molecule has 0 spiro atoms. The Morgan fingerprint density at radius 1 is 0.833 bits per heavy atom. The second-order valence-electron chi connectivity index (χ2n) is 7.11. The number of amides is 2. The molecule has 30 heavy (non-hydrogen) atoms. The Bertz CT molecular complexity index is 1130. The SMILES string of the molecule is CCc1ccc(NC(=O)Nc2ccc(-c3nc(-c4ccc(C)cc4)co3)cc2)cc1. The zero-order chi connectivity index (χ0) is 20.9. The number of nitrogens with zero attached hydrogens (tertiary/aromatic N) is 1.